The van der Waals surface area contributed by atoms with E-state index in [9.17, 15) is 4.79 Å². The van der Waals surface area contributed by atoms with Gasteiger partial charge in [0.25, 0.3) is 0 Å². The van der Waals surface area contributed by atoms with E-state index >= 15 is 0 Å². The van der Waals surface area contributed by atoms with Gasteiger partial charge < -0.3 is 18.6 Å². The molecule has 0 radical (unpaired) electrons. The first-order valence-electron chi connectivity index (χ1n) is 9.27. The molecule has 0 aromatic heterocycles. The van der Waals surface area contributed by atoms with Gasteiger partial charge in [-0.25, -0.2) is 0 Å². The lowest BCUT2D eigenvalue weighted by atomic mass is 10.1. The fraction of sp³-hybridized carbons (Fsp3) is 0.650. The molecule has 0 spiro atoms. The second kappa shape index (κ2) is 6.89. The highest BCUT2D eigenvalue weighted by Crippen LogP contribution is 2.56. The van der Waals surface area contributed by atoms with E-state index in [4.69, 9.17) is 18.6 Å². The second-order valence-electron chi connectivity index (χ2n) is 8.84. The third-order valence-corrected chi connectivity index (χ3v) is 10.5. The fourth-order valence-electron chi connectivity index (χ4n) is 3.25. The Morgan fingerprint density at radius 3 is 2.46 bits per heavy atom. The summed E-state index contributed by atoms with van der Waals surface area (Å²) in [5.74, 6) is 2.34. The van der Waals surface area contributed by atoms with Crippen molar-refractivity contribution >= 4 is 14.3 Å². The highest BCUT2D eigenvalue weighted by atomic mass is 28.4. The minimum Gasteiger partial charge on any atom is -0.466 e. The molecular formula is C20H30O5Si. The smallest absolute Gasteiger partial charge is 0.302 e. The fourth-order valence-corrected chi connectivity index (χ4v) is 4.29. The Morgan fingerprint density at radius 1 is 1.15 bits per heavy atom. The Bertz CT molecular complexity index is 679. The highest BCUT2D eigenvalue weighted by molar-refractivity contribution is 6.74. The van der Waals surface area contributed by atoms with E-state index < -0.39 is 8.32 Å². The van der Waals surface area contributed by atoms with Crippen molar-refractivity contribution in [2.45, 2.75) is 51.7 Å². The van der Waals surface area contributed by atoms with Gasteiger partial charge in [0.2, 0.25) is 6.79 Å². The van der Waals surface area contributed by atoms with Crippen LogP contribution in [0.4, 0.5) is 0 Å². The van der Waals surface area contributed by atoms with Gasteiger partial charge in [0.1, 0.15) is 0 Å². The SMILES string of the molecule is CC(=O)OC[C@@H]1[C@H](CO[Si](C)(C)C(C)(C)C)[C@H]1c1ccc2c(c1)OCO2. The van der Waals surface area contributed by atoms with Crippen LogP contribution in [-0.4, -0.2) is 34.3 Å². The van der Waals surface area contributed by atoms with Gasteiger partial charge in [0.15, 0.2) is 19.8 Å². The van der Waals surface area contributed by atoms with E-state index in [1.54, 1.807) is 0 Å². The van der Waals surface area contributed by atoms with Crippen molar-refractivity contribution in [1.82, 2.24) is 0 Å². The van der Waals surface area contributed by atoms with Crippen LogP contribution in [0.2, 0.25) is 18.1 Å². The summed E-state index contributed by atoms with van der Waals surface area (Å²) >= 11 is 0. The molecule has 3 rings (SSSR count). The predicted octanol–water partition coefficient (Wildman–Crippen LogP) is 4.33. The van der Waals surface area contributed by atoms with Crippen LogP contribution in [0.1, 0.15) is 39.2 Å². The van der Waals surface area contributed by atoms with Gasteiger partial charge in [-0.15, -0.1) is 0 Å². The van der Waals surface area contributed by atoms with Crippen LogP contribution in [0.3, 0.4) is 0 Å². The number of carbonyl (C=O) groups excluding carboxylic acids is 1. The van der Waals surface area contributed by atoms with Crippen molar-refractivity contribution in [2.24, 2.45) is 11.8 Å². The molecule has 26 heavy (non-hydrogen) atoms. The molecule has 0 N–H and O–H groups in total. The lowest BCUT2D eigenvalue weighted by molar-refractivity contribution is -0.141. The maximum Gasteiger partial charge on any atom is 0.302 e. The number of fused-ring (bicyclic) bond motifs is 1. The van der Waals surface area contributed by atoms with Crippen LogP contribution in [-0.2, 0) is 14.0 Å². The van der Waals surface area contributed by atoms with E-state index in [0.29, 0.717) is 31.0 Å². The number of carbonyl (C=O) groups is 1. The number of benzene rings is 1. The van der Waals surface area contributed by atoms with Crippen molar-refractivity contribution in [3.05, 3.63) is 23.8 Å². The Labute approximate surface area is 157 Å². The Morgan fingerprint density at radius 2 is 1.81 bits per heavy atom. The molecule has 6 heteroatoms. The standard InChI is InChI=1S/C20H30O5Si/c1-13(21)22-10-15-16(11-25-26(5,6)20(2,3)4)19(15)14-7-8-17-18(9-14)24-12-23-17/h7-9,15-16,19H,10-12H2,1-6H3/t15-,16+,19+/m1/s1. The van der Waals surface area contributed by atoms with Crippen molar-refractivity contribution in [1.29, 1.82) is 0 Å². The molecule has 2 aliphatic rings. The first kappa shape index (κ1) is 19.2. The molecule has 1 aliphatic heterocycles. The summed E-state index contributed by atoms with van der Waals surface area (Å²) in [4.78, 5) is 11.2. The molecule has 144 valence electrons. The summed E-state index contributed by atoms with van der Waals surface area (Å²) in [6.07, 6.45) is 0. The number of hydrogen-bond acceptors (Lipinski definition) is 5. The summed E-state index contributed by atoms with van der Waals surface area (Å²) in [6.45, 7) is 14.2. The summed E-state index contributed by atoms with van der Waals surface area (Å²) in [7, 11) is -1.80. The Balaban J connectivity index is 1.71. The van der Waals surface area contributed by atoms with Crippen LogP contribution in [0.15, 0.2) is 18.2 Å². The third-order valence-electron chi connectivity index (χ3n) is 6.03. The molecular weight excluding hydrogens is 348 g/mol. The minimum atomic E-state index is -1.80. The van der Waals surface area contributed by atoms with Gasteiger partial charge >= 0.3 is 5.97 Å². The molecule has 1 saturated carbocycles. The van der Waals surface area contributed by atoms with Gasteiger partial charge in [-0.3, -0.25) is 4.79 Å². The summed E-state index contributed by atoms with van der Waals surface area (Å²) in [6, 6.07) is 6.11. The normalized spacial score (nSPS) is 24.5. The van der Waals surface area contributed by atoms with Gasteiger partial charge in [-0.2, -0.15) is 0 Å². The quantitative estimate of drug-likeness (QED) is 0.545. The topological polar surface area (TPSA) is 54.0 Å². The Kier molecular flexibility index (Phi) is 5.10. The lowest BCUT2D eigenvalue weighted by Crippen LogP contribution is -2.41. The molecule has 0 saturated heterocycles. The van der Waals surface area contributed by atoms with E-state index in [0.717, 1.165) is 11.5 Å². The molecule has 1 heterocycles. The molecule has 3 atom stereocenters. The lowest BCUT2D eigenvalue weighted by Gasteiger charge is -2.36. The molecule has 1 fully saturated rings. The van der Waals surface area contributed by atoms with E-state index in [1.165, 1.54) is 12.5 Å². The van der Waals surface area contributed by atoms with Gasteiger partial charge in [-0.05, 0) is 47.7 Å². The maximum atomic E-state index is 11.2. The van der Waals surface area contributed by atoms with Crippen LogP contribution in [0, 0.1) is 11.8 Å². The molecule has 0 unspecified atom stereocenters. The first-order chi connectivity index (χ1) is 12.1. The third kappa shape index (κ3) is 3.91. The van der Waals surface area contributed by atoms with Gasteiger partial charge in [0.05, 0.1) is 6.61 Å². The Hall–Kier alpha value is -1.53. The summed E-state index contributed by atoms with van der Waals surface area (Å²) in [5, 5.41) is 0.182. The van der Waals surface area contributed by atoms with Crippen molar-refractivity contribution in [3.8, 4) is 11.5 Å². The van der Waals surface area contributed by atoms with Crippen LogP contribution < -0.4 is 9.47 Å². The van der Waals surface area contributed by atoms with Crippen LogP contribution in [0.25, 0.3) is 0 Å². The maximum absolute atomic E-state index is 11.2. The minimum absolute atomic E-state index is 0.182. The molecule has 1 aliphatic carbocycles. The van der Waals surface area contributed by atoms with Crippen molar-refractivity contribution < 1.29 is 23.4 Å². The summed E-state index contributed by atoms with van der Waals surface area (Å²) in [5.41, 5.74) is 1.20. The van der Waals surface area contributed by atoms with Gasteiger partial charge in [0, 0.05) is 19.4 Å². The van der Waals surface area contributed by atoms with E-state index in [-0.39, 0.29) is 17.8 Å². The van der Waals surface area contributed by atoms with E-state index in [2.05, 4.69) is 46.0 Å². The molecule has 0 amide bonds. The summed E-state index contributed by atoms with van der Waals surface area (Å²) < 4.78 is 22.7. The molecule has 1 aromatic carbocycles. The first-order valence-corrected chi connectivity index (χ1v) is 12.2. The molecule has 5 nitrogen and oxygen atoms in total. The average Bonchev–Trinajstić information content (AvgIpc) is 3.03. The highest BCUT2D eigenvalue weighted by Gasteiger charge is 2.53. The monoisotopic (exact) mass is 378 g/mol. The van der Waals surface area contributed by atoms with Crippen LogP contribution >= 0.6 is 0 Å². The average molecular weight is 379 g/mol. The predicted molar refractivity (Wildman–Crippen MR) is 102 cm³/mol. The number of hydrogen-bond donors (Lipinski definition) is 0. The van der Waals surface area contributed by atoms with E-state index in [1.807, 2.05) is 6.07 Å². The van der Waals surface area contributed by atoms with Gasteiger partial charge in [-0.1, -0.05) is 26.8 Å². The zero-order valence-electron chi connectivity index (χ0n) is 16.6. The number of rotatable bonds is 6. The van der Waals surface area contributed by atoms with Crippen molar-refractivity contribution in [3.63, 3.8) is 0 Å². The second-order valence-corrected chi connectivity index (χ2v) is 13.6. The van der Waals surface area contributed by atoms with Crippen LogP contribution in [0.5, 0.6) is 11.5 Å². The molecule has 0 bridgehead atoms. The zero-order valence-corrected chi connectivity index (χ0v) is 17.6. The number of ether oxygens (including phenoxy) is 3. The van der Waals surface area contributed by atoms with Crippen molar-refractivity contribution in [2.75, 3.05) is 20.0 Å². The zero-order chi connectivity index (χ0) is 19.1. The largest absolute Gasteiger partial charge is 0.466 e. The molecule has 1 aromatic rings. The number of esters is 1.